The highest BCUT2D eigenvalue weighted by Crippen LogP contribution is 2.42. The first-order chi connectivity index (χ1) is 9.97. The molecule has 2 saturated carbocycles. The third kappa shape index (κ3) is 2.79. The summed E-state index contributed by atoms with van der Waals surface area (Å²) in [5.41, 5.74) is 5.67. The Morgan fingerprint density at radius 2 is 2.00 bits per heavy atom. The molecule has 2 fully saturated rings. The van der Waals surface area contributed by atoms with E-state index < -0.39 is 5.54 Å². The van der Waals surface area contributed by atoms with E-state index in [-0.39, 0.29) is 17.9 Å². The van der Waals surface area contributed by atoms with Gasteiger partial charge in [0.2, 0.25) is 5.91 Å². The monoisotopic (exact) mass is 292 g/mol. The number of hydrogen-bond donors (Lipinski definition) is 3. The maximum atomic E-state index is 12.6. The molecule has 4 N–H and O–H groups in total. The molecule has 7 nitrogen and oxygen atoms in total. The second-order valence-electron chi connectivity index (χ2n) is 7.05. The number of aromatic nitrogens is 4. The molecule has 1 heterocycles. The SMILES string of the molecule is CC(C)(NC(=O)C1CC2CCCC(C1)C2N)c1nn[nH]n1. The molecule has 2 bridgehead atoms. The molecule has 2 aliphatic carbocycles. The minimum absolute atomic E-state index is 0.0614. The van der Waals surface area contributed by atoms with Crippen LogP contribution in [0.4, 0.5) is 0 Å². The van der Waals surface area contributed by atoms with Gasteiger partial charge in [0.15, 0.2) is 5.82 Å². The summed E-state index contributed by atoms with van der Waals surface area (Å²) in [7, 11) is 0. The predicted octanol–water partition coefficient (Wildman–Crippen LogP) is 0.705. The van der Waals surface area contributed by atoms with Gasteiger partial charge in [-0.05, 0) is 51.4 Å². The van der Waals surface area contributed by atoms with Crippen molar-refractivity contribution >= 4 is 5.91 Å². The van der Waals surface area contributed by atoms with Crippen molar-refractivity contribution in [3.8, 4) is 0 Å². The second-order valence-corrected chi connectivity index (χ2v) is 7.05. The number of H-pyrrole nitrogens is 1. The second kappa shape index (κ2) is 5.36. The zero-order valence-corrected chi connectivity index (χ0v) is 12.7. The lowest BCUT2D eigenvalue weighted by atomic mass is 9.65. The molecule has 1 aromatic rings. The van der Waals surface area contributed by atoms with Gasteiger partial charge in [-0.25, -0.2) is 0 Å². The summed E-state index contributed by atoms with van der Waals surface area (Å²) in [6, 6.07) is 0.285. The highest BCUT2D eigenvalue weighted by atomic mass is 16.2. The Kier molecular flexibility index (Phi) is 3.69. The van der Waals surface area contributed by atoms with Gasteiger partial charge in [-0.3, -0.25) is 4.79 Å². The molecular formula is C14H24N6O. The Hall–Kier alpha value is -1.50. The van der Waals surface area contributed by atoms with Gasteiger partial charge in [-0.15, -0.1) is 10.2 Å². The number of aromatic amines is 1. The molecule has 0 spiro atoms. The van der Waals surface area contributed by atoms with Crippen molar-refractivity contribution in [2.75, 3.05) is 0 Å². The van der Waals surface area contributed by atoms with Gasteiger partial charge in [-0.1, -0.05) is 11.6 Å². The fourth-order valence-corrected chi connectivity index (χ4v) is 3.90. The summed E-state index contributed by atoms with van der Waals surface area (Å²) in [6.07, 6.45) is 5.40. The van der Waals surface area contributed by atoms with Crippen molar-refractivity contribution in [3.63, 3.8) is 0 Å². The van der Waals surface area contributed by atoms with E-state index >= 15 is 0 Å². The van der Waals surface area contributed by atoms with Crippen LogP contribution in [0.3, 0.4) is 0 Å². The summed E-state index contributed by atoms with van der Waals surface area (Å²) in [4.78, 5) is 12.6. The van der Waals surface area contributed by atoms with Gasteiger partial charge in [0, 0.05) is 12.0 Å². The molecule has 1 aromatic heterocycles. The van der Waals surface area contributed by atoms with E-state index in [1.165, 1.54) is 6.42 Å². The molecule has 3 rings (SSSR count). The van der Waals surface area contributed by atoms with Crippen molar-refractivity contribution in [1.82, 2.24) is 25.9 Å². The summed E-state index contributed by atoms with van der Waals surface area (Å²) < 4.78 is 0. The molecular weight excluding hydrogens is 268 g/mol. The number of carbonyl (C=O) groups is 1. The Labute approximate surface area is 124 Å². The van der Waals surface area contributed by atoms with Crippen molar-refractivity contribution in [1.29, 1.82) is 0 Å². The predicted molar refractivity (Wildman–Crippen MR) is 76.9 cm³/mol. The van der Waals surface area contributed by atoms with Gasteiger partial charge >= 0.3 is 0 Å². The van der Waals surface area contributed by atoms with Crippen molar-refractivity contribution in [2.24, 2.45) is 23.5 Å². The number of nitrogens with one attached hydrogen (secondary N) is 2. The summed E-state index contributed by atoms with van der Waals surface area (Å²) >= 11 is 0. The highest BCUT2D eigenvalue weighted by molar-refractivity contribution is 5.79. The van der Waals surface area contributed by atoms with Crippen LogP contribution >= 0.6 is 0 Å². The summed E-state index contributed by atoms with van der Waals surface area (Å²) in [6.45, 7) is 3.79. The Morgan fingerprint density at radius 3 is 2.57 bits per heavy atom. The van der Waals surface area contributed by atoms with Crippen LogP contribution in [0.1, 0.15) is 51.8 Å². The van der Waals surface area contributed by atoms with Crippen LogP contribution in [-0.2, 0) is 10.3 Å². The smallest absolute Gasteiger partial charge is 0.223 e. The fourth-order valence-electron chi connectivity index (χ4n) is 3.90. The van der Waals surface area contributed by atoms with Crippen LogP contribution in [-0.4, -0.2) is 32.6 Å². The van der Waals surface area contributed by atoms with Crippen LogP contribution in [0.2, 0.25) is 0 Å². The third-order valence-electron chi connectivity index (χ3n) is 5.12. The van der Waals surface area contributed by atoms with E-state index in [0.29, 0.717) is 17.7 Å². The molecule has 2 unspecified atom stereocenters. The van der Waals surface area contributed by atoms with E-state index in [2.05, 4.69) is 25.9 Å². The van der Waals surface area contributed by atoms with Gasteiger partial charge < -0.3 is 11.1 Å². The van der Waals surface area contributed by atoms with Crippen molar-refractivity contribution in [3.05, 3.63) is 5.82 Å². The Morgan fingerprint density at radius 1 is 1.33 bits per heavy atom. The minimum Gasteiger partial charge on any atom is -0.344 e. The largest absolute Gasteiger partial charge is 0.344 e. The number of tetrazole rings is 1. The first-order valence-electron chi connectivity index (χ1n) is 7.79. The van der Waals surface area contributed by atoms with Gasteiger partial charge in [0.1, 0.15) is 0 Å². The number of carbonyl (C=O) groups excluding carboxylic acids is 1. The lowest BCUT2D eigenvalue weighted by molar-refractivity contribution is -0.129. The third-order valence-corrected chi connectivity index (χ3v) is 5.12. The number of fused-ring (bicyclic) bond motifs is 2. The number of nitrogens with two attached hydrogens (primary N) is 1. The maximum Gasteiger partial charge on any atom is 0.223 e. The number of hydrogen-bond acceptors (Lipinski definition) is 5. The molecule has 2 aliphatic rings. The first-order valence-corrected chi connectivity index (χ1v) is 7.79. The average molecular weight is 292 g/mol. The topological polar surface area (TPSA) is 110 Å². The van der Waals surface area contributed by atoms with E-state index in [9.17, 15) is 4.79 Å². The Balaban J connectivity index is 1.66. The van der Waals surface area contributed by atoms with Gasteiger partial charge in [0.05, 0.1) is 5.54 Å². The van der Waals surface area contributed by atoms with Crippen LogP contribution in [0, 0.1) is 17.8 Å². The van der Waals surface area contributed by atoms with E-state index in [1.807, 2.05) is 13.8 Å². The lowest BCUT2D eigenvalue weighted by Crippen LogP contribution is -2.51. The van der Waals surface area contributed by atoms with Crippen LogP contribution in [0.5, 0.6) is 0 Å². The molecule has 0 aromatic carbocycles. The zero-order chi connectivity index (χ0) is 15.0. The highest BCUT2D eigenvalue weighted by Gasteiger charge is 2.41. The normalized spacial score (nSPS) is 32.7. The molecule has 21 heavy (non-hydrogen) atoms. The number of nitrogens with zero attached hydrogens (tertiary/aromatic N) is 3. The number of amides is 1. The van der Waals surface area contributed by atoms with Crippen molar-refractivity contribution in [2.45, 2.75) is 57.5 Å². The standard InChI is InChI=1S/C14H24N6O/c1-14(2,13-17-19-20-18-13)16-12(21)10-6-8-4-3-5-9(7-10)11(8)15/h8-11H,3-7,15H2,1-2H3,(H,16,21)(H,17,18,19,20). The molecule has 0 aliphatic heterocycles. The summed E-state index contributed by atoms with van der Waals surface area (Å²) in [5.74, 6) is 1.66. The molecule has 7 heteroatoms. The molecule has 1 amide bonds. The average Bonchev–Trinajstić information content (AvgIpc) is 2.92. The van der Waals surface area contributed by atoms with Gasteiger partial charge in [0.25, 0.3) is 0 Å². The van der Waals surface area contributed by atoms with Crippen molar-refractivity contribution < 1.29 is 4.79 Å². The van der Waals surface area contributed by atoms with Crippen LogP contribution in [0.15, 0.2) is 0 Å². The maximum absolute atomic E-state index is 12.6. The fraction of sp³-hybridized carbons (Fsp3) is 0.857. The lowest BCUT2D eigenvalue weighted by Gasteiger charge is -2.44. The minimum atomic E-state index is -0.612. The zero-order valence-electron chi connectivity index (χ0n) is 12.7. The van der Waals surface area contributed by atoms with E-state index in [4.69, 9.17) is 5.73 Å². The molecule has 116 valence electrons. The number of rotatable bonds is 3. The van der Waals surface area contributed by atoms with Crippen LogP contribution in [0.25, 0.3) is 0 Å². The quantitative estimate of drug-likeness (QED) is 0.760. The Bertz CT molecular complexity index is 486. The molecule has 0 radical (unpaired) electrons. The molecule has 0 saturated heterocycles. The van der Waals surface area contributed by atoms with E-state index in [1.54, 1.807) is 0 Å². The van der Waals surface area contributed by atoms with E-state index in [0.717, 1.165) is 25.7 Å². The van der Waals surface area contributed by atoms with Crippen LogP contribution < -0.4 is 11.1 Å². The molecule has 2 atom stereocenters. The van der Waals surface area contributed by atoms with Gasteiger partial charge in [-0.2, -0.15) is 5.21 Å². The summed E-state index contributed by atoms with van der Waals surface area (Å²) in [5, 5.41) is 17.0. The first kappa shape index (κ1) is 14.4.